The number of carbonyl (C=O) groups is 2. The van der Waals surface area contributed by atoms with Gasteiger partial charge in [-0.05, 0) is 70.6 Å². The van der Waals surface area contributed by atoms with Crippen molar-refractivity contribution >= 4 is 11.9 Å². The summed E-state index contributed by atoms with van der Waals surface area (Å²) >= 11 is 0. The van der Waals surface area contributed by atoms with E-state index in [9.17, 15) is 35.1 Å². The molecule has 0 radical (unpaired) electrons. The SMILES string of the molecule is CC/C=C/C=C/C=C\CCCCCCC(O)C(=O)NC(COC1OC(CO)C(O)C(O)C1OC(=O)CCCCCCCC/C=C/C=C/CCCCC)C(O)/C=C/CCCCCCCCCCC. The van der Waals surface area contributed by atoms with Gasteiger partial charge in [-0.2, -0.15) is 0 Å². The molecule has 1 saturated heterocycles. The molecule has 6 N–H and O–H groups in total. The van der Waals surface area contributed by atoms with Crippen LogP contribution in [-0.2, 0) is 23.8 Å². The Morgan fingerprint density at radius 2 is 1.07 bits per heavy atom. The van der Waals surface area contributed by atoms with E-state index in [1.807, 2.05) is 30.4 Å². The first-order chi connectivity index (χ1) is 32.7. The zero-order chi connectivity index (χ0) is 49.0. The number of aliphatic hydroxyl groups excluding tert-OH is 5. The highest BCUT2D eigenvalue weighted by Crippen LogP contribution is 2.26. The minimum absolute atomic E-state index is 0.105. The minimum Gasteiger partial charge on any atom is -0.454 e. The largest absolute Gasteiger partial charge is 0.454 e. The van der Waals surface area contributed by atoms with E-state index in [2.05, 4.69) is 62.5 Å². The van der Waals surface area contributed by atoms with Gasteiger partial charge in [0.2, 0.25) is 5.91 Å². The highest BCUT2D eigenvalue weighted by Gasteiger charge is 2.47. The van der Waals surface area contributed by atoms with Gasteiger partial charge in [0.05, 0.1) is 25.4 Å². The Morgan fingerprint density at radius 3 is 1.64 bits per heavy atom. The minimum atomic E-state index is -1.62. The van der Waals surface area contributed by atoms with Gasteiger partial charge in [0.25, 0.3) is 0 Å². The molecule has 0 aromatic carbocycles. The maximum atomic E-state index is 13.3. The summed E-state index contributed by atoms with van der Waals surface area (Å²) in [4.78, 5) is 26.3. The molecular weight excluding hydrogens is 847 g/mol. The van der Waals surface area contributed by atoms with E-state index in [0.29, 0.717) is 12.8 Å². The molecule has 8 atom stereocenters. The van der Waals surface area contributed by atoms with Crippen LogP contribution in [-0.4, -0.2) is 99.6 Å². The van der Waals surface area contributed by atoms with E-state index in [-0.39, 0.29) is 19.4 Å². The van der Waals surface area contributed by atoms with Crippen molar-refractivity contribution in [1.29, 1.82) is 0 Å². The number of hydrogen-bond acceptors (Lipinski definition) is 10. The third-order valence-corrected chi connectivity index (χ3v) is 12.2. The molecule has 11 nitrogen and oxygen atoms in total. The summed E-state index contributed by atoms with van der Waals surface area (Å²) in [5, 5.41) is 56.6. The van der Waals surface area contributed by atoms with Crippen LogP contribution in [0.15, 0.2) is 72.9 Å². The second-order valence-electron chi connectivity index (χ2n) is 18.3. The van der Waals surface area contributed by atoms with E-state index in [1.165, 1.54) is 57.8 Å². The molecular formula is C56H97NO10. The quantitative estimate of drug-likeness (QED) is 0.0149. The molecule has 11 heteroatoms. The second-order valence-corrected chi connectivity index (χ2v) is 18.3. The molecule has 0 spiro atoms. The second kappa shape index (κ2) is 44.3. The third kappa shape index (κ3) is 33.3. The van der Waals surface area contributed by atoms with Gasteiger partial charge >= 0.3 is 5.97 Å². The number of allylic oxidation sites excluding steroid dienone is 11. The van der Waals surface area contributed by atoms with Gasteiger partial charge in [-0.25, -0.2) is 0 Å². The lowest BCUT2D eigenvalue weighted by molar-refractivity contribution is -0.305. The molecule has 0 aliphatic carbocycles. The van der Waals surface area contributed by atoms with Crippen molar-refractivity contribution in [2.75, 3.05) is 13.2 Å². The number of amides is 1. The smallest absolute Gasteiger partial charge is 0.306 e. The van der Waals surface area contributed by atoms with Gasteiger partial charge < -0.3 is 45.1 Å². The van der Waals surface area contributed by atoms with E-state index in [1.54, 1.807) is 6.08 Å². The Balaban J connectivity index is 2.78. The van der Waals surface area contributed by atoms with Crippen LogP contribution in [0.25, 0.3) is 0 Å². The summed E-state index contributed by atoms with van der Waals surface area (Å²) in [6.45, 7) is 5.56. The molecule has 1 heterocycles. The average molecular weight is 944 g/mol. The zero-order valence-corrected chi connectivity index (χ0v) is 42.2. The molecule has 67 heavy (non-hydrogen) atoms. The molecule has 8 unspecified atom stereocenters. The fourth-order valence-electron chi connectivity index (χ4n) is 7.87. The number of esters is 1. The van der Waals surface area contributed by atoms with Gasteiger partial charge in [0.1, 0.15) is 24.4 Å². The standard InChI is InChI=1S/C56H97NO10/c1-4-7-10-13-16-19-22-24-25-26-29-32-35-38-41-44-51(61)67-54-53(63)52(62)50(45-58)66-56(54)65-46-47(48(59)42-39-36-33-30-27-21-18-15-12-9-6-3)57-55(64)49(60)43-40-37-34-31-28-23-20-17-14-11-8-5-2/h8,11,14,16-17,19-20,22-24,39,42,47-50,52-54,56,58-60,62-63H,4-7,9-10,12-13,15,18,21,25-38,40-41,43-46H2,1-3H3,(H,57,64)/b11-8+,17-14+,19-16+,23-20-,24-22+,42-39+. The fraction of sp³-hybridized carbons (Fsp3) is 0.750. The summed E-state index contributed by atoms with van der Waals surface area (Å²) < 4.78 is 17.5. The van der Waals surface area contributed by atoms with Crippen LogP contribution in [0.4, 0.5) is 0 Å². The zero-order valence-electron chi connectivity index (χ0n) is 42.2. The van der Waals surface area contributed by atoms with Crippen LogP contribution in [0, 0.1) is 0 Å². The van der Waals surface area contributed by atoms with Crippen LogP contribution in [0.5, 0.6) is 0 Å². The first-order valence-electron chi connectivity index (χ1n) is 26.8. The Bertz CT molecular complexity index is 1360. The van der Waals surface area contributed by atoms with Crippen molar-refractivity contribution < 1.29 is 49.3 Å². The van der Waals surface area contributed by atoms with Crippen molar-refractivity contribution in [1.82, 2.24) is 5.32 Å². The number of hydrogen-bond donors (Lipinski definition) is 6. The van der Waals surface area contributed by atoms with Crippen LogP contribution in [0.1, 0.15) is 207 Å². The van der Waals surface area contributed by atoms with E-state index in [0.717, 1.165) is 103 Å². The van der Waals surface area contributed by atoms with Gasteiger partial charge in [-0.3, -0.25) is 9.59 Å². The lowest BCUT2D eigenvalue weighted by Crippen LogP contribution is -2.61. The topological polar surface area (TPSA) is 175 Å². The summed E-state index contributed by atoms with van der Waals surface area (Å²) in [5.41, 5.74) is 0. The van der Waals surface area contributed by atoms with Gasteiger partial charge in [-0.15, -0.1) is 0 Å². The van der Waals surface area contributed by atoms with Crippen LogP contribution >= 0.6 is 0 Å². The Labute approximate surface area is 407 Å². The van der Waals surface area contributed by atoms with Crippen molar-refractivity contribution in [3.63, 3.8) is 0 Å². The molecule has 0 bridgehead atoms. The first-order valence-corrected chi connectivity index (χ1v) is 26.8. The molecule has 0 saturated carbocycles. The number of aliphatic hydroxyl groups is 5. The predicted octanol–water partition coefficient (Wildman–Crippen LogP) is 11.3. The number of nitrogens with one attached hydrogen (secondary N) is 1. The molecule has 1 aliphatic heterocycles. The summed E-state index contributed by atoms with van der Waals surface area (Å²) in [7, 11) is 0. The van der Waals surface area contributed by atoms with Crippen molar-refractivity contribution in [3.05, 3.63) is 72.9 Å². The number of ether oxygens (including phenoxy) is 3. The van der Waals surface area contributed by atoms with Crippen LogP contribution in [0.3, 0.4) is 0 Å². The van der Waals surface area contributed by atoms with Crippen molar-refractivity contribution in [2.24, 2.45) is 0 Å². The maximum Gasteiger partial charge on any atom is 0.306 e. The molecule has 1 fully saturated rings. The molecule has 0 aromatic heterocycles. The van der Waals surface area contributed by atoms with Gasteiger partial charge in [0.15, 0.2) is 12.4 Å². The first kappa shape index (κ1) is 62.1. The number of carbonyl (C=O) groups excluding carboxylic acids is 2. The molecule has 0 aromatic rings. The third-order valence-electron chi connectivity index (χ3n) is 12.2. The summed E-state index contributed by atoms with van der Waals surface area (Å²) in [6.07, 6.45) is 43.8. The molecule has 386 valence electrons. The number of unbranched alkanes of at least 4 members (excludes halogenated alkanes) is 22. The van der Waals surface area contributed by atoms with E-state index >= 15 is 0 Å². The van der Waals surface area contributed by atoms with Crippen LogP contribution in [0.2, 0.25) is 0 Å². The van der Waals surface area contributed by atoms with Crippen LogP contribution < -0.4 is 5.32 Å². The summed E-state index contributed by atoms with van der Waals surface area (Å²) in [5.74, 6) is -1.24. The highest BCUT2D eigenvalue weighted by atomic mass is 16.7. The predicted molar refractivity (Wildman–Crippen MR) is 273 cm³/mol. The monoisotopic (exact) mass is 944 g/mol. The molecule has 1 rings (SSSR count). The Kier molecular flexibility index (Phi) is 41.1. The van der Waals surface area contributed by atoms with Crippen molar-refractivity contribution in [3.8, 4) is 0 Å². The average Bonchev–Trinajstić information content (AvgIpc) is 3.32. The summed E-state index contributed by atoms with van der Waals surface area (Å²) in [6, 6.07) is -1.04. The molecule has 1 amide bonds. The molecule has 1 aliphatic rings. The maximum absolute atomic E-state index is 13.3. The van der Waals surface area contributed by atoms with E-state index < -0.39 is 67.4 Å². The van der Waals surface area contributed by atoms with Gasteiger partial charge in [0, 0.05) is 6.42 Å². The highest BCUT2D eigenvalue weighted by molar-refractivity contribution is 5.80. The lowest BCUT2D eigenvalue weighted by Gasteiger charge is -2.41. The fourth-order valence-corrected chi connectivity index (χ4v) is 7.87. The Morgan fingerprint density at radius 1 is 0.597 bits per heavy atom. The Hall–Kier alpha value is -2.90. The lowest BCUT2D eigenvalue weighted by atomic mass is 9.99. The number of rotatable bonds is 43. The van der Waals surface area contributed by atoms with Gasteiger partial charge in [-0.1, -0.05) is 203 Å². The van der Waals surface area contributed by atoms with E-state index in [4.69, 9.17) is 14.2 Å². The normalized spacial score (nSPS) is 20.6. The van der Waals surface area contributed by atoms with Crippen molar-refractivity contribution in [2.45, 2.75) is 256 Å².